The smallest absolute Gasteiger partial charge is 0.410 e. The first-order valence-electron chi connectivity index (χ1n) is 15.9. The van der Waals surface area contributed by atoms with Crippen molar-refractivity contribution < 1.29 is 24.0 Å². The van der Waals surface area contributed by atoms with E-state index in [0.717, 1.165) is 50.1 Å². The van der Waals surface area contributed by atoms with Crippen LogP contribution in [0.15, 0.2) is 36.7 Å². The Balaban J connectivity index is 0.000000182. The van der Waals surface area contributed by atoms with Crippen LogP contribution in [0.1, 0.15) is 67.2 Å². The Bertz CT molecular complexity index is 1380. The summed E-state index contributed by atoms with van der Waals surface area (Å²) in [5.41, 5.74) is 6.60. The second-order valence-corrected chi connectivity index (χ2v) is 14.4. The number of pyridine rings is 2. The predicted molar refractivity (Wildman–Crippen MR) is 174 cm³/mol. The Morgan fingerprint density at radius 3 is 1.43 bits per heavy atom. The molecular formula is C32H46N8O6. The van der Waals surface area contributed by atoms with Gasteiger partial charge in [-0.3, -0.25) is 9.80 Å². The number of aromatic nitrogens is 2. The lowest BCUT2D eigenvalue weighted by molar-refractivity contribution is -0.389. The van der Waals surface area contributed by atoms with Crippen LogP contribution in [-0.4, -0.2) is 98.4 Å². The van der Waals surface area contributed by atoms with Crippen molar-refractivity contribution in [3.05, 3.63) is 46.8 Å². The standard InChI is InChI=1S/C16H22N4O4.C16H24N4O2/c1-16(2,3)24-15(21)19-12-4-5-13(19)10-18(9-12)11-6-7-14(17-8-11)20(22)23;1-16(2,3)22-15(21)20-12-4-5-13(20)10-19(9-12)11-6-7-14(17)18-8-11/h6-8,12-13H,4-5,9-10H2,1-3H3;6-8,12-13H,4-5,9-10H2,1-3H3,(H2,17,18). The Labute approximate surface area is 270 Å². The number of carbonyl (C=O) groups is 2. The lowest BCUT2D eigenvalue weighted by atomic mass is 10.1. The quantitative estimate of drug-likeness (QED) is 0.362. The van der Waals surface area contributed by atoms with E-state index in [2.05, 4.69) is 19.8 Å². The summed E-state index contributed by atoms with van der Waals surface area (Å²) in [4.78, 5) is 51.3. The van der Waals surface area contributed by atoms with Crippen molar-refractivity contribution in [2.75, 3.05) is 41.7 Å². The number of hydrogen-bond donors (Lipinski definition) is 1. The van der Waals surface area contributed by atoms with Crippen molar-refractivity contribution in [1.82, 2.24) is 19.8 Å². The number of nitrogens with zero attached hydrogens (tertiary/aromatic N) is 7. The van der Waals surface area contributed by atoms with E-state index < -0.39 is 16.1 Å². The highest BCUT2D eigenvalue weighted by molar-refractivity contribution is 5.71. The van der Waals surface area contributed by atoms with Crippen LogP contribution in [0.2, 0.25) is 0 Å². The highest BCUT2D eigenvalue weighted by Crippen LogP contribution is 2.35. The van der Waals surface area contributed by atoms with Gasteiger partial charge in [0, 0.05) is 32.2 Å². The minimum Gasteiger partial charge on any atom is -0.444 e. The van der Waals surface area contributed by atoms with Crippen molar-refractivity contribution in [2.45, 2.75) is 103 Å². The number of fused-ring (bicyclic) bond motifs is 4. The van der Waals surface area contributed by atoms with E-state index in [1.807, 2.05) is 63.5 Å². The van der Waals surface area contributed by atoms with Gasteiger partial charge in [0.25, 0.3) is 0 Å². The summed E-state index contributed by atoms with van der Waals surface area (Å²) in [6.45, 7) is 14.3. The van der Waals surface area contributed by atoms with Gasteiger partial charge in [0.15, 0.2) is 6.20 Å². The highest BCUT2D eigenvalue weighted by atomic mass is 16.6. The number of nitrogens with two attached hydrogens (primary N) is 1. The van der Waals surface area contributed by atoms with Gasteiger partial charge in [-0.1, -0.05) is 0 Å². The lowest BCUT2D eigenvalue weighted by Crippen LogP contribution is -2.56. The van der Waals surface area contributed by atoms with Gasteiger partial charge in [-0.25, -0.2) is 14.6 Å². The molecule has 0 aromatic carbocycles. The lowest BCUT2D eigenvalue weighted by Gasteiger charge is -2.42. The van der Waals surface area contributed by atoms with Crippen LogP contribution < -0.4 is 15.5 Å². The fraction of sp³-hybridized carbons (Fsp3) is 0.625. The van der Waals surface area contributed by atoms with E-state index in [1.54, 1.807) is 12.3 Å². The molecular weight excluding hydrogens is 592 g/mol. The Morgan fingerprint density at radius 2 is 1.13 bits per heavy atom. The van der Waals surface area contributed by atoms with E-state index in [4.69, 9.17) is 15.2 Å². The second-order valence-electron chi connectivity index (χ2n) is 14.4. The third-order valence-corrected chi connectivity index (χ3v) is 8.59. The summed E-state index contributed by atoms with van der Waals surface area (Å²) in [5.74, 6) is 0.369. The van der Waals surface area contributed by atoms with E-state index in [1.165, 1.54) is 12.3 Å². The Hall–Kier alpha value is -4.36. The zero-order valence-electron chi connectivity index (χ0n) is 27.6. The van der Waals surface area contributed by atoms with Crippen molar-refractivity contribution in [3.63, 3.8) is 0 Å². The minimum absolute atomic E-state index is 0.105. The first-order chi connectivity index (χ1) is 21.6. The number of nitro groups is 1. The first kappa shape index (κ1) is 33.0. The molecule has 14 nitrogen and oxygen atoms in total. The topological polar surface area (TPSA) is 160 Å². The van der Waals surface area contributed by atoms with Crippen LogP contribution in [0.25, 0.3) is 0 Å². The molecule has 4 bridgehead atoms. The molecule has 4 fully saturated rings. The predicted octanol–water partition coefficient (Wildman–Crippen LogP) is 4.83. The molecule has 250 valence electrons. The van der Waals surface area contributed by atoms with Crippen molar-refractivity contribution in [3.8, 4) is 0 Å². The van der Waals surface area contributed by atoms with Crippen molar-refractivity contribution in [2.24, 2.45) is 0 Å². The summed E-state index contributed by atoms with van der Waals surface area (Å²) in [6, 6.07) is 7.58. The van der Waals surface area contributed by atoms with E-state index >= 15 is 0 Å². The number of carbonyl (C=O) groups excluding carboxylic acids is 2. The SMILES string of the molecule is CC(C)(C)OC(=O)N1C2CCC1CN(c1ccc(N)nc1)C2.CC(C)(C)OC(=O)N1C2CCC1CN(c1ccc([N+](=O)[O-])nc1)C2. The Kier molecular flexibility index (Phi) is 9.19. The van der Waals surface area contributed by atoms with Gasteiger partial charge >= 0.3 is 18.0 Å². The average Bonchev–Trinajstić information content (AvgIpc) is 3.39. The zero-order valence-corrected chi connectivity index (χ0v) is 27.6. The molecule has 0 saturated carbocycles. The van der Waals surface area contributed by atoms with Crippen molar-refractivity contribution in [1.29, 1.82) is 0 Å². The normalized spacial score (nSPS) is 23.9. The van der Waals surface area contributed by atoms with Gasteiger partial charge in [-0.15, -0.1) is 0 Å². The molecule has 6 heterocycles. The number of piperazine rings is 2. The fourth-order valence-corrected chi connectivity index (χ4v) is 6.71. The van der Waals surface area contributed by atoms with Gasteiger partial charge in [0.2, 0.25) is 0 Å². The van der Waals surface area contributed by atoms with E-state index in [9.17, 15) is 19.7 Å². The molecule has 2 N–H and O–H groups in total. The van der Waals surface area contributed by atoms with Crippen LogP contribution in [0.5, 0.6) is 0 Å². The molecule has 4 aliphatic rings. The summed E-state index contributed by atoms with van der Waals surface area (Å²) in [5, 5.41) is 10.7. The van der Waals surface area contributed by atoms with Gasteiger partial charge in [0.1, 0.15) is 17.0 Å². The second kappa shape index (κ2) is 12.8. The van der Waals surface area contributed by atoms with Crippen LogP contribution in [0, 0.1) is 10.1 Å². The molecule has 4 unspecified atom stereocenters. The molecule has 14 heteroatoms. The van der Waals surface area contributed by atoms with Gasteiger partial charge < -0.3 is 35.1 Å². The zero-order chi connectivity index (χ0) is 33.4. The largest absolute Gasteiger partial charge is 0.444 e. The van der Waals surface area contributed by atoms with Crippen LogP contribution >= 0.6 is 0 Å². The van der Waals surface area contributed by atoms with Crippen LogP contribution in [-0.2, 0) is 9.47 Å². The molecule has 4 aliphatic heterocycles. The molecule has 46 heavy (non-hydrogen) atoms. The highest BCUT2D eigenvalue weighted by Gasteiger charge is 2.45. The maximum Gasteiger partial charge on any atom is 0.410 e. The number of nitrogen functional groups attached to an aromatic ring is 1. The molecule has 0 aliphatic carbocycles. The number of amides is 2. The number of ether oxygens (including phenoxy) is 2. The van der Waals surface area contributed by atoms with E-state index in [-0.39, 0.29) is 42.2 Å². The minimum atomic E-state index is -0.506. The molecule has 2 aromatic heterocycles. The summed E-state index contributed by atoms with van der Waals surface area (Å²) in [7, 11) is 0. The molecule has 4 saturated heterocycles. The molecule has 2 aromatic rings. The molecule has 6 rings (SSSR count). The first-order valence-corrected chi connectivity index (χ1v) is 15.9. The average molecular weight is 639 g/mol. The maximum absolute atomic E-state index is 12.4. The number of rotatable bonds is 3. The third kappa shape index (κ3) is 7.71. The van der Waals surface area contributed by atoms with Crippen molar-refractivity contribution >= 4 is 35.2 Å². The van der Waals surface area contributed by atoms with Crippen LogP contribution in [0.4, 0.5) is 32.6 Å². The van der Waals surface area contributed by atoms with E-state index in [0.29, 0.717) is 18.9 Å². The number of anilines is 3. The fourth-order valence-electron chi connectivity index (χ4n) is 6.71. The molecule has 2 amide bonds. The van der Waals surface area contributed by atoms with Gasteiger partial charge in [-0.2, -0.15) is 0 Å². The van der Waals surface area contributed by atoms with Gasteiger partial charge in [0.05, 0.1) is 41.7 Å². The third-order valence-electron chi connectivity index (χ3n) is 8.59. The Morgan fingerprint density at radius 1 is 0.739 bits per heavy atom. The number of hydrogen-bond acceptors (Lipinski definition) is 11. The molecule has 0 radical (unpaired) electrons. The van der Waals surface area contributed by atoms with Crippen LogP contribution in [0.3, 0.4) is 0 Å². The molecule has 0 spiro atoms. The van der Waals surface area contributed by atoms with Gasteiger partial charge in [-0.05, 0) is 95.3 Å². The molecule has 4 atom stereocenters. The summed E-state index contributed by atoms with van der Waals surface area (Å²) in [6.07, 6.45) is 6.85. The maximum atomic E-state index is 12.4. The summed E-state index contributed by atoms with van der Waals surface area (Å²) < 4.78 is 11.1. The monoisotopic (exact) mass is 638 g/mol. The summed E-state index contributed by atoms with van der Waals surface area (Å²) >= 11 is 0.